The Kier molecular flexibility index (Phi) is 3.37. The molecule has 1 aliphatic rings. The Morgan fingerprint density at radius 1 is 1.22 bits per heavy atom. The number of benzene rings is 1. The molecule has 0 saturated carbocycles. The smallest absolute Gasteiger partial charge is 0.199 e. The van der Waals surface area contributed by atoms with Crippen molar-refractivity contribution in [3.63, 3.8) is 0 Å². The summed E-state index contributed by atoms with van der Waals surface area (Å²) in [4.78, 5) is 11.1. The average Bonchev–Trinajstić information content (AvgIpc) is 2.38. The molecule has 0 N–H and O–H groups in total. The van der Waals surface area contributed by atoms with Crippen LogP contribution in [-0.4, -0.2) is 36.3 Å². The van der Waals surface area contributed by atoms with Crippen molar-refractivity contribution in [3.05, 3.63) is 28.0 Å². The number of anilines is 1. The summed E-state index contributed by atoms with van der Waals surface area (Å²) in [5, 5.41) is 1.70. The molecule has 1 fully saturated rings. The van der Waals surface area contributed by atoms with Gasteiger partial charge < -0.3 is 9.64 Å². The van der Waals surface area contributed by atoms with E-state index >= 15 is 0 Å². The molecular weight excluding hydrogens is 318 g/mol. The predicted octanol–water partition coefficient (Wildman–Crippen LogP) is 2.88. The van der Waals surface area contributed by atoms with E-state index in [0.717, 1.165) is 43.0 Å². The molecule has 1 aromatic carbocycles. The zero-order valence-electron chi connectivity index (χ0n) is 9.57. The minimum Gasteiger partial charge on any atom is -0.378 e. The highest BCUT2D eigenvalue weighted by Crippen LogP contribution is 2.28. The van der Waals surface area contributed by atoms with Crippen LogP contribution in [0.25, 0.3) is 10.9 Å². The van der Waals surface area contributed by atoms with E-state index in [2.05, 4.69) is 30.8 Å². The van der Waals surface area contributed by atoms with Crippen LogP contribution >= 0.6 is 27.5 Å². The SMILES string of the molecule is Clc1ccc2c(N3CCOCC3)nc(Br)nc2c1. The third-order valence-electron chi connectivity index (χ3n) is 2.92. The highest BCUT2D eigenvalue weighted by atomic mass is 79.9. The first-order valence-electron chi connectivity index (χ1n) is 5.69. The first-order valence-corrected chi connectivity index (χ1v) is 6.86. The van der Waals surface area contributed by atoms with Crippen LogP contribution in [0.15, 0.2) is 22.9 Å². The molecule has 4 nitrogen and oxygen atoms in total. The van der Waals surface area contributed by atoms with Gasteiger partial charge in [0.15, 0.2) is 4.73 Å². The summed E-state index contributed by atoms with van der Waals surface area (Å²) in [7, 11) is 0. The molecule has 0 radical (unpaired) electrons. The molecule has 0 amide bonds. The Balaban J connectivity index is 2.14. The molecule has 1 aliphatic heterocycles. The van der Waals surface area contributed by atoms with E-state index < -0.39 is 0 Å². The van der Waals surface area contributed by atoms with Crippen molar-refractivity contribution in [1.82, 2.24) is 9.97 Å². The third-order valence-corrected chi connectivity index (χ3v) is 3.51. The fourth-order valence-electron chi connectivity index (χ4n) is 2.07. The number of rotatable bonds is 1. The maximum atomic E-state index is 6.00. The van der Waals surface area contributed by atoms with Crippen LogP contribution < -0.4 is 4.90 Å². The number of hydrogen-bond donors (Lipinski definition) is 0. The van der Waals surface area contributed by atoms with Crippen LogP contribution in [0.4, 0.5) is 5.82 Å². The minimum atomic E-state index is 0.582. The maximum absolute atomic E-state index is 6.00. The Hall–Kier alpha value is -0.910. The Labute approximate surface area is 118 Å². The van der Waals surface area contributed by atoms with E-state index in [1.807, 2.05) is 18.2 Å². The molecule has 2 aromatic rings. The van der Waals surface area contributed by atoms with Gasteiger partial charge in [-0.1, -0.05) is 11.6 Å². The highest BCUT2D eigenvalue weighted by Gasteiger charge is 2.16. The van der Waals surface area contributed by atoms with E-state index in [-0.39, 0.29) is 0 Å². The second kappa shape index (κ2) is 4.99. The van der Waals surface area contributed by atoms with Crippen molar-refractivity contribution in [2.45, 2.75) is 0 Å². The second-order valence-corrected chi connectivity index (χ2v) is 5.22. The van der Waals surface area contributed by atoms with Crippen molar-refractivity contribution < 1.29 is 4.74 Å². The van der Waals surface area contributed by atoms with Crippen molar-refractivity contribution in [2.75, 3.05) is 31.2 Å². The zero-order chi connectivity index (χ0) is 12.5. The maximum Gasteiger partial charge on any atom is 0.199 e. The van der Waals surface area contributed by atoms with Crippen LogP contribution in [0.2, 0.25) is 5.02 Å². The molecule has 1 aromatic heterocycles. The molecule has 1 saturated heterocycles. The topological polar surface area (TPSA) is 38.2 Å². The summed E-state index contributed by atoms with van der Waals surface area (Å²) in [5.74, 6) is 0.937. The lowest BCUT2D eigenvalue weighted by Crippen LogP contribution is -2.37. The number of ether oxygens (including phenoxy) is 1. The van der Waals surface area contributed by atoms with Gasteiger partial charge in [-0.05, 0) is 34.1 Å². The molecule has 3 rings (SSSR count). The largest absolute Gasteiger partial charge is 0.378 e. The fourth-order valence-corrected chi connectivity index (χ4v) is 2.60. The molecule has 0 aliphatic carbocycles. The summed E-state index contributed by atoms with van der Waals surface area (Å²) >= 11 is 9.35. The van der Waals surface area contributed by atoms with Gasteiger partial charge in [0.05, 0.1) is 18.7 Å². The standard InChI is InChI=1S/C12H11BrClN3O/c13-12-15-10-7-8(14)1-2-9(10)11(16-12)17-3-5-18-6-4-17/h1-2,7H,3-6H2. The first-order chi connectivity index (χ1) is 8.74. The molecular formula is C12H11BrClN3O. The summed E-state index contributed by atoms with van der Waals surface area (Å²) in [5.41, 5.74) is 0.853. The number of aromatic nitrogens is 2. The number of hydrogen-bond acceptors (Lipinski definition) is 4. The van der Waals surface area contributed by atoms with Gasteiger partial charge in [0, 0.05) is 23.5 Å². The van der Waals surface area contributed by atoms with Crippen molar-refractivity contribution in [2.24, 2.45) is 0 Å². The van der Waals surface area contributed by atoms with Gasteiger partial charge in [-0.25, -0.2) is 9.97 Å². The molecule has 94 valence electrons. The van der Waals surface area contributed by atoms with Gasteiger partial charge >= 0.3 is 0 Å². The minimum absolute atomic E-state index is 0.582. The summed E-state index contributed by atoms with van der Waals surface area (Å²) in [6.07, 6.45) is 0. The quantitative estimate of drug-likeness (QED) is 0.755. The lowest BCUT2D eigenvalue weighted by atomic mass is 10.2. The molecule has 0 bridgehead atoms. The summed E-state index contributed by atoms with van der Waals surface area (Å²) in [6, 6.07) is 5.69. The van der Waals surface area contributed by atoms with Gasteiger partial charge in [-0.3, -0.25) is 0 Å². The van der Waals surface area contributed by atoms with Crippen LogP contribution in [0.1, 0.15) is 0 Å². The molecule has 0 spiro atoms. The lowest BCUT2D eigenvalue weighted by Gasteiger charge is -2.28. The van der Waals surface area contributed by atoms with Gasteiger partial charge in [-0.15, -0.1) is 0 Å². The fraction of sp³-hybridized carbons (Fsp3) is 0.333. The van der Waals surface area contributed by atoms with E-state index in [9.17, 15) is 0 Å². The Morgan fingerprint density at radius 2 is 2.00 bits per heavy atom. The number of halogens is 2. The lowest BCUT2D eigenvalue weighted by molar-refractivity contribution is 0.122. The monoisotopic (exact) mass is 327 g/mol. The molecule has 0 atom stereocenters. The first kappa shape index (κ1) is 12.1. The van der Waals surface area contributed by atoms with E-state index in [4.69, 9.17) is 16.3 Å². The molecule has 0 unspecified atom stereocenters. The third kappa shape index (κ3) is 2.30. The van der Waals surface area contributed by atoms with Crippen molar-refractivity contribution >= 4 is 44.3 Å². The van der Waals surface area contributed by atoms with Crippen LogP contribution in [0, 0.1) is 0 Å². The summed E-state index contributed by atoms with van der Waals surface area (Å²) in [6.45, 7) is 3.16. The van der Waals surface area contributed by atoms with E-state index in [0.29, 0.717) is 9.76 Å². The predicted molar refractivity (Wildman–Crippen MR) is 75.3 cm³/mol. The molecule has 18 heavy (non-hydrogen) atoms. The highest BCUT2D eigenvalue weighted by molar-refractivity contribution is 9.10. The van der Waals surface area contributed by atoms with Gasteiger partial charge in [0.1, 0.15) is 5.82 Å². The number of morpholine rings is 1. The van der Waals surface area contributed by atoms with E-state index in [1.54, 1.807) is 0 Å². The number of nitrogens with zero attached hydrogens (tertiary/aromatic N) is 3. The zero-order valence-corrected chi connectivity index (χ0v) is 11.9. The van der Waals surface area contributed by atoms with E-state index in [1.165, 1.54) is 0 Å². The normalized spacial score (nSPS) is 16.2. The van der Waals surface area contributed by atoms with Crippen LogP contribution in [-0.2, 0) is 4.74 Å². The Bertz CT molecular complexity index is 582. The van der Waals surface area contributed by atoms with Crippen molar-refractivity contribution in [1.29, 1.82) is 0 Å². The molecule has 2 heterocycles. The average molecular weight is 329 g/mol. The van der Waals surface area contributed by atoms with Gasteiger partial charge in [0.25, 0.3) is 0 Å². The Morgan fingerprint density at radius 3 is 2.78 bits per heavy atom. The van der Waals surface area contributed by atoms with Gasteiger partial charge in [0.2, 0.25) is 0 Å². The van der Waals surface area contributed by atoms with Gasteiger partial charge in [-0.2, -0.15) is 0 Å². The van der Waals surface area contributed by atoms with Crippen LogP contribution in [0.3, 0.4) is 0 Å². The second-order valence-electron chi connectivity index (χ2n) is 4.08. The van der Waals surface area contributed by atoms with Crippen LogP contribution in [0.5, 0.6) is 0 Å². The molecule has 6 heteroatoms. The summed E-state index contributed by atoms with van der Waals surface area (Å²) < 4.78 is 5.95. The van der Waals surface area contributed by atoms with Crippen molar-refractivity contribution in [3.8, 4) is 0 Å². The number of fused-ring (bicyclic) bond motifs is 1.